The van der Waals surface area contributed by atoms with Gasteiger partial charge >= 0.3 is 5.97 Å². The van der Waals surface area contributed by atoms with Crippen LogP contribution in [0.5, 0.6) is 0 Å². The highest BCUT2D eigenvalue weighted by Gasteiger charge is 2.22. The van der Waals surface area contributed by atoms with E-state index in [9.17, 15) is 9.59 Å². The van der Waals surface area contributed by atoms with Crippen molar-refractivity contribution in [3.63, 3.8) is 0 Å². The van der Waals surface area contributed by atoms with Crippen molar-refractivity contribution in [3.05, 3.63) is 11.9 Å². The highest BCUT2D eigenvalue weighted by Crippen LogP contribution is 2.10. The SMILES string of the molecule is COCCOCCOCCOCCn1cc(COC(=O)[C@H](C)CC(=O)[C@H](C)N=C(C)C)nn1. The Morgan fingerprint density at radius 1 is 1.00 bits per heavy atom. The lowest BCUT2D eigenvalue weighted by Gasteiger charge is -2.12. The standard InChI is InChI=1S/C22H38N4O7/c1-17(2)23-19(4)21(27)14-18(3)22(28)33-16-20-15-26(25-24-20)6-7-30-10-11-32-13-12-31-9-8-29-5/h15,18-19H,6-14,16H2,1-5H3/t18-,19+/m1/s1. The van der Waals surface area contributed by atoms with Gasteiger partial charge in [-0.25, -0.2) is 4.68 Å². The Hall–Kier alpha value is -2.21. The summed E-state index contributed by atoms with van der Waals surface area (Å²) in [6, 6.07) is -0.459. The summed E-state index contributed by atoms with van der Waals surface area (Å²) in [5, 5.41) is 7.98. The predicted octanol–water partition coefficient (Wildman–Crippen LogP) is 1.48. The second kappa shape index (κ2) is 17.3. The minimum atomic E-state index is -0.546. The Balaban J connectivity index is 2.16. The summed E-state index contributed by atoms with van der Waals surface area (Å²) in [7, 11) is 1.63. The van der Waals surface area contributed by atoms with Gasteiger partial charge in [0.25, 0.3) is 0 Å². The summed E-state index contributed by atoms with van der Waals surface area (Å²) >= 11 is 0. The van der Waals surface area contributed by atoms with Crippen molar-refractivity contribution < 1.29 is 33.3 Å². The summed E-state index contributed by atoms with van der Waals surface area (Å²) in [5.41, 5.74) is 1.35. The van der Waals surface area contributed by atoms with Crippen molar-refractivity contribution in [2.45, 2.75) is 53.3 Å². The zero-order valence-corrected chi connectivity index (χ0v) is 20.4. The van der Waals surface area contributed by atoms with Crippen molar-refractivity contribution in [1.29, 1.82) is 0 Å². The van der Waals surface area contributed by atoms with Gasteiger partial charge in [0.15, 0.2) is 5.78 Å². The molecular weight excluding hydrogens is 432 g/mol. The molecule has 11 nitrogen and oxygen atoms in total. The second-order valence-electron chi connectivity index (χ2n) is 7.73. The number of ether oxygens (including phenoxy) is 5. The van der Waals surface area contributed by atoms with E-state index >= 15 is 0 Å². The van der Waals surface area contributed by atoms with Gasteiger partial charge in [0, 0.05) is 19.2 Å². The summed E-state index contributed by atoms with van der Waals surface area (Å²) in [4.78, 5) is 28.5. The molecule has 0 saturated heterocycles. The number of aromatic nitrogens is 3. The maximum Gasteiger partial charge on any atom is 0.309 e. The van der Waals surface area contributed by atoms with E-state index in [0.717, 1.165) is 5.71 Å². The van der Waals surface area contributed by atoms with Crippen LogP contribution in [0.4, 0.5) is 0 Å². The average molecular weight is 471 g/mol. The molecule has 0 aliphatic heterocycles. The lowest BCUT2D eigenvalue weighted by atomic mass is 10.0. The monoisotopic (exact) mass is 470 g/mol. The number of hydrogen-bond acceptors (Lipinski definition) is 10. The highest BCUT2D eigenvalue weighted by atomic mass is 16.6. The second-order valence-corrected chi connectivity index (χ2v) is 7.73. The molecule has 0 N–H and O–H groups in total. The number of methoxy groups -OCH3 is 1. The molecule has 0 fully saturated rings. The van der Waals surface area contributed by atoms with E-state index < -0.39 is 17.9 Å². The largest absolute Gasteiger partial charge is 0.459 e. The Kier molecular flexibility index (Phi) is 15.1. The zero-order chi connectivity index (χ0) is 24.5. The first-order valence-electron chi connectivity index (χ1n) is 11.1. The number of Topliss-reactive ketones (excluding diaryl/α,β-unsaturated/α-hetero) is 1. The molecule has 0 aliphatic carbocycles. The van der Waals surface area contributed by atoms with Crippen LogP contribution in [0.15, 0.2) is 11.2 Å². The summed E-state index contributed by atoms with van der Waals surface area (Å²) in [6.45, 7) is 11.1. The van der Waals surface area contributed by atoms with Crippen LogP contribution in [0.25, 0.3) is 0 Å². The number of rotatable bonds is 19. The van der Waals surface area contributed by atoms with E-state index in [1.807, 2.05) is 13.8 Å². The minimum absolute atomic E-state index is 0.000285. The maximum absolute atomic E-state index is 12.2. The minimum Gasteiger partial charge on any atom is -0.459 e. The van der Waals surface area contributed by atoms with Gasteiger partial charge in [0.05, 0.1) is 64.9 Å². The van der Waals surface area contributed by atoms with E-state index in [1.165, 1.54) is 0 Å². The van der Waals surface area contributed by atoms with Gasteiger partial charge in [-0.15, -0.1) is 5.10 Å². The predicted molar refractivity (Wildman–Crippen MR) is 121 cm³/mol. The van der Waals surface area contributed by atoms with Crippen molar-refractivity contribution in [2.75, 3.05) is 53.4 Å². The van der Waals surface area contributed by atoms with Crippen LogP contribution in [0, 0.1) is 5.92 Å². The van der Waals surface area contributed by atoms with Crippen LogP contribution >= 0.6 is 0 Å². The molecule has 1 aromatic rings. The normalized spacial score (nSPS) is 12.9. The van der Waals surface area contributed by atoms with E-state index in [2.05, 4.69) is 15.3 Å². The fraction of sp³-hybridized carbons (Fsp3) is 0.773. The molecule has 11 heteroatoms. The molecule has 1 heterocycles. The molecule has 0 radical (unpaired) electrons. The van der Waals surface area contributed by atoms with Gasteiger partial charge in [-0.2, -0.15) is 0 Å². The van der Waals surface area contributed by atoms with Crippen molar-refractivity contribution >= 4 is 17.5 Å². The first-order valence-corrected chi connectivity index (χ1v) is 11.1. The van der Waals surface area contributed by atoms with Crippen molar-refractivity contribution in [1.82, 2.24) is 15.0 Å². The van der Waals surface area contributed by atoms with Crippen molar-refractivity contribution in [3.8, 4) is 0 Å². The number of hydrogen-bond donors (Lipinski definition) is 0. The number of aliphatic imine (C=N–C) groups is 1. The van der Waals surface area contributed by atoms with Gasteiger partial charge < -0.3 is 23.7 Å². The maximum atomic E-state index is 12.2. The van der Waals surface area contributed by atoms with Gasteiger partial charge in [-0.05, 0) is 20.8 Å². The fourth-order valence-electron chi connectivity index (χ4n) is 2.66. The van der Waals surface area contributed by atoms with Crippen molar-refractivity contribution in [2.24, 2.45) is 10.9 Å². The van der Waals surface area contributed by atoms with Crippen LogP contribution in [0.1, 0.15) is 39.8 Å². The molecule has 0 aromatic carbocycles. The van der Waals surface area contributed by atoms with Crippen LogP contribution in [-0.2, 0) is 46.4 Å². The Morgan fingerprint density at radius 2 is 1.61 bits per heavy atom. The molecule has 1 rings (SSSR count). The quantitative estimate of drug-likeness (QED) is 0.168. The first-order chi connectivity index (χ1) is 15.8. The van der Waals surface area contributed by atoms with E-state index in [0.29, 0.717) is 58.5 Å². The van der Waals surface area contributed by atoms with Gasteiger partial charge in [0.2, 0.25) is 0 Å². The lowest BCUT2D eigenvalue weighted by molar-refractivity contribution is -0.150. The molecule has 2 atom stereocenters. The summed E-state index contributed by atoms with van der Waals surface area (Å²) < 4.78 is 28.0. The molecule has 0 unspecified atom stereocenters. The molecule has 188 valence electrons. The number of nitrogens with zero attached hydrogens (tertiary/aromatic N) is 4. The average Bonchev–Trinajstić information content (AvgIpc) is 3.23. The van der Waals surface area contributed by atoms with Gasteiger partial charge in [-0.3, -0.25) is 14.6 Å². The van der Waals surface area contributed by atoms with Crippen LogP contribution in [0.3, 0.4) is 0 Å². The Morgan fingerprint density at radius 3 is 2.21 bits per heavy atom. The zero-order valence-electron chi connectivity index (χ0n) is 20.4. The van der Waals surface area contributed by atoms with Gasteiger partial charge in [-0.1, -0.05) is 12.1 Å². The topological polar surface area (TPSA) is 123 Å². The third-order valence-corrected chi connectivity index (χ3v) is 4.42. The molecule has 0 bridgehead atoms. The Bertz CT molecular complexity index is 719. The number of ketones is 1. The summed E-state index contributed by atoms with van der Waals surface area (Å²) in [5.74, 6) is -1.09. The van der Waals surface area contributed by atoms with Crippen LogP contribution < -0.4 is 0 Å². The molecule has 1 aromatic heterocycles. The number of carbonyl (C=O) groups is 2. The lowest BCUT2D eigenvalue weighted by Crippen LogP contribution is -2.23. The molecule has 33 heavy (non-hydrogen) atoms. The third kappa shape index (κ3) is 13.8. The fourth-order valence-corrected chi connectivity index (χ4v) is 2.66. The van der Waals surface area contributed by atoms with E-state index in [4.69, 9.17) is 23.7 Å². The smallest absolute Gasteiger partial charge is 0.309 e. The van der Waals surface area contributed by atoms with E-state index in [1.54, 1.807) is 31.8 Å². The number of carbonyl (C=O) groups excluding carboxylic acids is 2. The molecule has 0 spiro atoms. The van der Waals surface area contributed by atoms with Crippen LogP contribution in [0.2, 0.25) is 0 Å². The van der Waals surface area contributed by atoms with E-state index in [-0.39, 0.29) is 18.8 Å². The molecule has 0 saturated carbocycles. The molecular formula is C22H38N4O7. The summed E-state index contributed by atoms with van der Waals surface area (Å²) in [6.07, 6.45) is 1.78. The van der Waals surface area contributed by atoms with Gasteiger partial charge in [0.1, 0.15) is 18.3 Å². The highest BCUT2D eigenvalue weighted by molar-refractivity contribution is 5.90. The number of esters is 1. The first kappa shape index (κ1) is 28.8. The van der Waals surface area contributed by atoms with Crippen LogP contribution in [-0.4, -0.2) is 91.9 Å². The molecule has 0 amide bonds. The third-order valence-electron chi connectivity index (χ3n) is 4.42. The molecule has 0 aliphatic rings. The Labute approximate surface area is 195 Å².